The van der Waals surface area contributed by atoms with Gasteiger partial charge in [0.15, 0.2) is 0 Å². The highest BCUT2D eigenvalue weighted by atomic mass is 127. The van der Waals surface area contributed by atoms with Crippen LogP contribution >= 0.6 is 0 Å². The molecule has 0 spiro atoms. The van der Waals surface area contributed by atoms with E-state index in [1.807, 2.05) is 42.4 Å². The van der Waals surface area contributed by atoms with Crippen molar-refractivity contribution in [3.8, 4) is 0 Å². The highest BCUT2D eigenvalue weighted by molar-refractivity contribution is 5.47. The molecular formula is C4H11IN4. The van der Waals surface area contributed by atoms with E-state index in [-0.39, 0.29) is 24.0 Å². The molecule has 0 radical (unpaired) electrons. The van der Waals surface area contributed by atoms with Gasteiger partial charge in [0.1, 0.15) is 7.05 Å². The third-order valence-electron chi connectivity index (χ3n) is 1.32. The van der Waals surface area contributed by atoms with E-state index < -0.39 is 0 Å². The molecule has 0 aromatic heterocycles. The van der Waals surface area contributed by atoms with Gasteiger partial charge in [-0.2, -0.15) is 10.1 Å². The molecule has 1 aliphatic heterocycles. The van der Waals surface area contributed by atoms with E-state index in [1.54, 1.807) is 0 Å². The molecule has 5 heteroatoms. The smallest absolute Gasteiger partial charge is 0.276 e. The van der Waals surface area contributed by atoms with E-state index in [9.17, 15) is 0 Å². The van der Waals surface area contributed by atoms with Gasteiger partial charge in [0, 0.05) is 0 Å². The average molecular weight is 242 g/mol. The third kappa shape index (κ3) is 1.68. The predicted molar refractivity (Wildman–Crippen MR) is 30.9 cm³/mol. The second-order valence-corrected chi connectivity index (χ2v) is 1.84. The summed E-state index contributed by atoms with van der Waals surface area (Å²) >= 11 is 0. The summed E-state index contributed by atoms with van der Waals surface area (Å²) in [7, 11) is 5.88. The molecule has 0 aromatic rings. The molecule has 0 unspecified atom stereocenters. The number of rotatable bonds is 0. The van der Waals surface area contributed by atoms with Crippen molar-refractivity contribution in [3.63, 3.8) is 0 Å². The molecule has 0 saturated heterocycles. The Morgan fingerprint density at radius 2 is 2.00 bits per heavy atom. The zero-order valence-electron chi connectivity index (χ0n) is 5.80. The zero-order chi connectivity index (χ0) is 6.15. The normalized spacial score (nSPS) is 18.6. The van der Waals surface area contributed by atoms with Crippen LogP contribution in [-0.2, 0) is 0 Å². The highest BCUT2D eigenvalue weighted by Gasteiger charge is 2.16. The van der Waals surface area contributed by atoms with Crippen LogP contribution in [0.4, 0.5) is 0 Å². The molecule has 0 fully saturated rings. The fourth-order valence-electron chi connectivity index (χ4n) is 0.546. The molecule has 54 valence electrons. The maximum atomic E-state index is 2.98. The summed E-state index contributed by atoms with van der Waals surface area (Å²) in [5.41, 5.74) is 2.98. The van der Waals surface area contributed by atoms with E-state index >= 15 is 0 Å². The molecular weight excluding hydrogens is 231 g/mol. The Bertz CT molecular complexity index is 124. The molecule has 9 heavy (non-hydrogen) atoms. The van der Waals surface area contributed by atoms with Gasteiger partial charge in [-0.1, -0.05) is 0 Å². The number of hydrazone groups is 1. The van der Waals surface area contributed by atoms with E-state index in [0.29, 0.717) is 0 Å². The minimum atomic E-state index is 0. The highest BCUT2D eigenvalue weighted by Crippen LogP contribution is 1.87. The number of hydrogen-bond acceptors (Lipinski definition) is 3. The SMILES string of the molecule is CN1NC=[N+](C)N1C.[I-]. The number of nitrogens with one attached hydrogen (secondary N) is 1. The lowest BCUT2D eigenvalue weighted by Crippen LogP contribution is -3.00. The van der Waals surface area contributed by atoms with Crippen LogP contribution in [0.2, 0.25) is 0 Å². The van der Waals surface area contributed by atoms with Crippen LogP contribution in [0.3, 0.4) is 0 Å². The summed E-state index contributed by atoms with van der Waals surface area (Å²) in [6, 6.07) is 0. The fourth-order valence-corrected chi connectivity index (χ4v) is 0.546. The van der Waals surface area contributed by atoms with Gasteiger partial charge in [-0.15, -0.1) is 5.12 Å². The molecule has 0 atom stereocenters. The van der Waals surface area contributed by atoms with Gasteiger partial charge < -0.3 is 24.0 Å². The van der Waals surface area contributed by atoms with Crippen molar-refractivity contribution in [2.45, 2.75) is 0 Å². The molecule has 0 amide bonds. The van der Waals surface area contributed by atoms with Crippen LogP contribution < -0.4 is 29.4 Å². The van der Waals surface area contributed by atoms with Gasteiger partial charge in [0.25, 0.3) is 6.34 Å². The van der Waals surface area contributed by atoms with E-state index in [1.165, 1.54) is 0 Å². The van der Waals surface area contributed by atoms with Crippen LogP contribution in [-0.4, -0.2) is 42.4 Å². The van der Waals surface area contributed by atoms with Gasteiger partial charge >= 0.3 is 0 Å². The van der Waals surface area contributed by atoms with Crippen molar-refractivity contribution in [3.05, 3.63) is 0 Å². The first-order valence-corrected chi connectivity index (χ1v) is 2.51. The summed E-state index contributed by atoms with van der Waals surface area (Å²) in [4.78, 5) is 0. The second-order valence-electron chi connectivity index (χ2n) is 1.84. The monoisotopic (exact) mass is 242 g/mol. The van der Waals surface area contributed by atoms with Crippen LogP contribution in [0.15, 0.2) is 0 Å². The summed E-state index contributed by atoms with van der Waals surface area (Å²) in [5.74, 6) is 0. The van der Waals surface area contributed by atoms with Crippen molar-refractivity contribution in [2.75, 3.05) is 21.1 Å². The maximum Gasteiger partial charge on any atom is 0.276 e. The summed E-state index contributed by atoms with van der Waals surface area (Å²) in [6.07, 6.45) is 1.88. The first-order valence-electron chi connectivity index (χ1n) is 2.51. The van der Waals surface area contributed by atoms with Gasteiger partial charge in [0.2, 0.25) is 0 Å². The number of halogens is 1. The Morgan fingerprint density at radius 1 is 1.44 bits per heavy atom. The maximum absolute atomic E-state index is 2.98. The topological polar surface area (TPSA) is 21.5 Å². The Morgan fingerprint density at radius 3 is 2.11 bits per heavy atom. The van der Waals surface area contributed by atoms with Gasteiger partial charge in [-0.3, -0.25) is 0 Å². The fraction of sp³-hybridized carbons (Fsp3) is 0.750. The lowest BCUT2D eigenvalue weighted by molar-refractivity contribution is -0.685. The molecule has 1 aliphatic rings. The van der Waals surface area contributed by atoms with Crippen molar-refractivity contribution in [1.29, 1.82) is 0 Å². The summed E-state index contributed by atoms with van der Waals surface area (Å²) in [6.45, 7) is 0. The molecule has 1 heterocycles. The number of nitrogens with zero attached hydrogens (tertiary/aromatic N) is 3. The van der Waals surface area contributed by atoms with E-state index in [2.05, 4.69) is 5.43 Å². The number of hydrazine groups is 3. The largest absolute Gasteiger partial charge is 1.00 e. The average Bonchev–Trinajstić information content (AvgIpc) is 1.98. The third-order valence-corrected chi connectivity index (χ3v) is 1.32. The molecule has 4 nitrogen and oxygen atoms in total. The molecule has 0 aromatic carbocycles. The summed E-state index contributed by atoms with van der Waals surface area (Å²) < 4.78 is 1.94. The minimum absolute atomic E-state index is 0. The molecule has 0 aliphatic carbocycles. The Hall–Kier alpha value is -0.0400. The molecule has 0 saturated carbocycles. The standard InChI is InChI=1S/C4H10N4.HI/c1-6-4-5-7(2)8(6)3;/h4H,1-3H3;1H. The predicted octanol–water partition coefficient (Wildman–Crippen LogP) is -4.13. The van der Waals surface area contributed by atoms with Gasteiger partial charge in [-0.25, -0.2) is 0 Å². The molecule has 1 N–H and O–H groups in total. The van der Waals surface area contributed by atoms with Crippen LogP contribution in [0.25, 0.3) is 0 Å². The second kappa shape index (κ2) is 3.21. The lowest BCUT2D eigenvalue weighted by Gasteiger charge is -2.13. The number of hydrogen-bond donors (Lipinski definition) is 1. The summed E-state index contributed by atoms with van der Waals surface area (Å²) in [5, 5.41) is 3.82. The van der Waals surface area contributed by atoms with Crippen molar-refractivity contribution in [1.82, 2.24) is 15.7 Å². The van der Waals surface area contributed by atoms with Gasteiger partial charge in [0.05, 0.1) is 14.1 Å². The lowest BCUT2D eigenvalue weighted by atomic mass is 11.2. The first-order chi connectivity index (χ1) is 3.72. The Balaban J connectivity index is 0.000000640. The van der Waals surface area contributed by atoms with Crippen LogP contribution in [0.5, 0.6) is 0 Å². The van der Waals surface area contributed by atoms with Crippen molar-refractivity contribution in [2.24, 2.45) is 0 Å². The quantitative estimate of drug-likeness (QED) is 0.344. The minimum Gasteiger partial charge on any atom is -1.00 e. The molecule has 1 rings (SSSR count). The Kier molecular flexibility index (Phi) is 3.20. The van der Waals surface area contributed by atoms with Crippen molar-refractivity contribution >= 4 is 6.34 Å². The first kappa shape index (κ1) is 8.96. The Labute approximate surface area is 72.1 Å². The van der Waals surface area contributed by atoms with E-state index in [4.69, 9.17) is 0 Å². The molecule has 0 bridgehead atoms. The van der Waals surface area contributed by atoms with Crippen LogP contribution in [0.1, 0.15) is 0 Å². The zero-order valence-corrected chi connectivity index (χ0v) is 7.95. The van der Waals surface area contributed by atoms with E-state index in [0.717, 1.165) is 0 Å². The van der Waals surface area contributed by atoms with Crippen molar-refractivity contribution < 1.29 is 28.7 Å². The van der Waals surface area contributed by atoms with Crippen LogP contribution in [0, 0.1) is 0 Å². The van der Waals surface area contributed by atoms with Gasteiger partial charge in [-0.05, 0) is 5.12 Å².